The van der Waals surface area contributed by atoms with Crippen molar-refractivity contribution in [3.8, 4) is 0 Å². The third-order valence-electron chi connectivity index (χ3n) is 5.72. The Morgan fingerprint density at radius 1 is 1.26 bits per heavy atom. The van der Waals surface area contributed by atoms with Crippen molar-refractivity contribution in [1.29, 1.82) is 0 Å². The Kier molecular flexibility index (Phi) is 4.97. The fraction of sp³-hybridized carbons (Fsp3) is 0.500. The number of nitrogens with zero attached hydrogens (tertiary/aromatic N) is 2. The van der Waals surface area contributed by atoms with Gasteiger partial charge in [-0.2, -0.15) is 0 Å². The molecule has 0 saturated carbocycles. The van der Waals surface area contributed by atoms with Crippen molar-refractivity contribution in [2.24, 2.45) is 5.41 Å². The maximum Gasteiger partial charge on any atom is 0.229 e. The molecule has 2 fully saturated rings. The summed E-state index contributed by atoms with van der Waals surface area (Å²) in [6.07, 6.45) is 3.24. The van der Waals surface area contributed by atoms with Gasteiger partial charge in [0.2, 0.25) is 5.91 Å². The summed E-state index contributed by atoms with van der Waals surface area (Å²) < 4.78 is 24.1. The first-order valence-electron chi connectivity index (χ1n) is 9.26. The zero-order chi connectivity index (χ0) is 18.9. The van der Waals surface area contributed by atoms with Crippen LogP contribution < -0.4 is 0 Å². The van der Waals surface area contributed by atoms with Crippen LogP contribution in [-0.2, 0) is 22.6 Å². The molecule has 3 heterocycles. The van der Waals surface area contributed by atoms with E-state index in [9.17, 15) is 14.3 Å². The van der Waals surface area contributed by atoms with Gasteiger partial charge in [-0.1, -0.05) is 12.1 Å². The average Bonchev–Trinajstić information content (AvgIpc) is 3.11. The SMILES string of the molecule is O=C(N1CC(c2ocnc2CO)C1)C1(Cc2ccc(F)cc2)CCOCC1. The number of aromatic nitrogens is 1. The summed E-state index contributed by atoms with van der Waals surface area (Å²) in [7, 11) is 0. The van der Waals surface area contributed by atoms with Crippen molar-refractivity contribution < 1.29 is 23.4 Å². The highest BCUT2D eigenvalue weighted by Gasteiger charge is 2.46. The molecule has 2 aliphatic heterocycles. The van der Waals surface area contributed by atoms with Crippen LogP contribution in [0.5, 0.6) is 0 Å². The number of rotatable bonds is 5. The van der Waals surface area contributed by atoms with Gasteiger partial charge in [-0.3, -0.25) is 4.79 Å². The molecule has 1 aromatic heterocycles. The molecular weight excluding hydrogens is 351 g/mol. The lowest BCUT2D eigenvalue weighted by atomic mass is 9.73. The Bertz CT molecular complexity index is 793. The van der Waals surface area contributed by atoms with Crippen LogP contribution in [-0.4, -0.2) is 47.2 Å². The Hall–Kier alpha value is -2.25. The molecule has 0 unspecified atom stereocenters. The van der Waals surface area contributed by atoms with Crippen LogP contribution in [0.2, 0.25) is 0 Å². The standard InChI is InChI=1S/C20H23FN2O4/c21-16-3-1-14(2-4-16)9-20(5-7-26-8-6-20)19(25)23-10-15(11-23)18-17(12-24)22-13-27-18/h1-4,13,15,24H,5-12H2. The number of halogens is 1. The molecule has 6 nitrogen and oxygen atoms in total. The fourth-order valence-corrected chi connectivity index (χ4v) is 4.10. The average molecular weight is 374 g/mol. The van der Waals surface area contributed by atoms with Gasteiger partial charge in [0.15, 0.2) is 6.39 Å². The number of amides is 1. The van der Waals surface area contributed by atoms with Gasteiger partial charge in [0.05, 0.1) is 17.9 Å². The van der Waals surface area contributed by atoms with E-state index in [1.54, 1.807) is 12.1 Å². The monoisotopic (exact) mass is 374 g/mol. The zero-order valence-corrected chi connectivity index (χ0v) is 15.1. The normalized spacial score (nSPS) is 19.7. The lowest BCUT2D eigenvalue weighted by molar-refractivity contribution is -0.153. The fourth-order valence-electron chi connectivity index (χ4n) is 4.10. The minimum Gasteiger partial charge on any atom is -0.448 e. The largest absolute Gasteiger partial charge is 0.448 e. The summed E-state index contributed by atoms with van der Waals surface area (Å²) in [5.74, 6) is 0.585. The number of aliphatic hydroxyl groups is 1. The molecule has 0 atom stereocenters. The smallest absolute Gasteiger partial charge is 0.229 e. The highest BCUT2D eigenvalue weighted by Crippen LogP contribution is 2.40. The number of hydrogen-bond acceptors (Lipinski definition) is 5. The van der Waals surface area contributed by atoms with Crippen LogP contribution in [0.1, 0.15) is 35.8 Å². The van der Waals surface area contributed by atoms with Crippen molar-refractivity contribution in [2.45, 2.75) is 31.8 Å². The lowest BCUT2D eigenvalue weighted by Crippen LogP contribution is -2.56. The summed E-state index contributed by atoms with van der Waals surface area (Å²) in [5, 5.41) is 9.34. The van der Waals surface area contributed by atoms with E-state index in [0.717, 1.165) is 5.56 Å². The molecule has 2 saturated heterocycles. The quantitative estimate of drug-likeness (QED) is 0.869. The highest BCUT2D eigenvalue weighted by atomic mass is 19.1. The van der Waals surface area contributed by atoms with Gasteiger partial charge in [-0.25, -0.2) is 9.37 Å². The molecule has 0 aliphatic carbocycles. The number of hydrogen-bond donors (Lipinski definition) is 1. The van der Waals surface area contributed by atoms with Crippen molar-refractivity contribution in [3.63, 3.8) is 0 Å². The summed E-state index contributed by atoms with van der Waals surface area (Å²) in [6.45, 7) is 2.07. The molecule has 27 heavy (non-hydrogen) atoms. The summed E-state index contributed by atoms with van der Waals surface area (Å²) in [6, 6.07) is 6.38. The van der Waals surface area contributed by atoms with Gasteiger partial charge in [0.1, 0.15) is 17.3 Å². The molecule has 1 N–H and O–H groups in total. The van der Waals surface area contributed by atoms with Crippen LogP contribution in [0.4, 0.5) is 4.39 Å². The first-order valence-corrected chi connectivity index (χ1v) is 9.26. The maximum absolute atomic E-state index is 13.3. The van der Waals surface area contributed by atoms with Gasteiger partial charge < -0.3 is 19.2 Å². The van der Waals surface area contributed by atoms with Gasteiger partial charge >= 0.3 is 0 Å². The molecule has 4 rings (SSSR count). The number of carbonyl (C=O) groups excluding carboxylic acids is 1. The summed E-state index contributed by atoms with van der Waals surface area (Å²) in [5.41, 5.74) is 0.989. The number of oxazole rings is 1. The predicted octanol–water partition coefficient (Wildman–Crippen LogP) is 2.27. The molecule has 2 aliphatic rings. The van der Waals surface area contributed by atoms with Crippen molar-refractivity contribution in [3.05, 3.63) is 53.5 Å². The van der Waals surface area contributed by atoms with Gasteiger partial charge in [0, 0.05) is 26.3 Å². The maximum atomic E-state index is 13.3. The Morgan fingerprint density at radius 3 is 2.63 bits per heavy atom. The minimum absolute atomic E-state index is 0.0707. The van der Waals surface area contributed by atoms with Gasteiger partial charge in [0.25, 0.3) is 0 Å². The van der Waals surface area contributed by atoms with Gasteiger partial charge in [-0.15, -0.1) is 0 Å². The van der Waals surface area contributed by atoms with Crippen LogP contribution in [0.15, 0.2) is 35.1 Å². The van der Waals surface area contributed by atoms with E-state index in [0.29, 0.717) is 57.0 Å². The Morgan fingerprint density at radius 2 is 1.96 bits per heavy atom. The van der Waals surface area contributed by atoms with E-state index in [2.05, 4.69) is 4.98 Å². The van der Waals surface area contributed by atoms with E-state index >= 15 is 0 Å². The van der Waals surface area contributed by atoms with E-state index in [1.807, 2.05) is 4.90 Å². The van der Waals surface area contributed by atoms with Gasteiger partial charge in [-0.05, 0) is 37.0 Å². The molecule has 144 valence electrons. The molecule has 7 heteroatoms. The van der Waals surface area contributed by atoms with Crippen LogP contribution in [0.3, 0.4) is 0 Å². The number of carbonyl (C=O) groups is 1. The second kappa shape index (κ2) is 7.40. The number of ether oxygens (including phenoxy) is 1. The van der Waals surface area contributed by atoms with Crippen molar-refractivity contribution >= 4 is 5.91 Å². The Balaban J connectivity index is 1.48. The van der Waals surface area contributed by atoms with Crippen LogP contribution in [0, 0.1) is 11.2 Å². The van der Waals surface area contributed by atoms with Crippen molar-refractivity contribution in [2.75, 3.05) is 26.3 Å². The second-order valence-corrected chi connectivity index (χ2v) is 7.42. The molecule has 0 bridgehead atoms. The second-order valence-electron chi connectivity index (χ2n) is 7.42. The Labute approximate surface area is 156 Å². The topological polar surface area (TPSA) is 75.8 Å². The number of aliphatic hydroxyl groups excluding tert-OH is 1. The first kappa shape index (κ1) is 18.1. The molecule has 1 aromatic carbocycles. The first-order chi connectivity index (χ1) is 13.1. The molecule has 1 amide bonds. The number of benzene rings is 1. The molecular formula is C20H23FN2O4. The van der Waals surface area contributed by atoms with E-state index in [4.69, 9.17) is 9.15 Å². The molecule has 2 aromatic rings. The third-order valence-corrected chi connectivity index (χ3v) is 5.72. The third kappa shape index (κ3) is 3.49. The predicted molar refractivity (Wildman–Crippen MR) is 94.3 cm³/mol. The van der Waals surface area contributed by atoms with Crippen molar-refractivity contribution in [1.82, 2.24) is 9.88 Å². The summed E-state index contributed by atoms with van der Waals surface area (Å²) >= 11 is 0. The zero-order valence-electron chi connectivity index (χ0n) is 15.1. The van der Waals surface area contributed by atoms with E-state index < -0.39 is 5.41 Å². The van der Waals surface area contributed by atoms with Crippen LogP contribution >= 0.6 is 0 Å². The van der Waals surface area contributed by atoms with E-state index in [-0.39, 0.29) is 24.2 Å². The molecule has 0 spiro atoms. The lowest BCUT2D eigenvalue weighted by Gasteiger charge is -2.46. The summed E-state index contributed by atoms with van der Waals surface area (Å²) in [4.78, 5) is 19.2. The molecule has 0 radical (unpaired) electrons. The highest BCUT2D eigenvalue weighted by molar-refractivity contribution is 5.84. The van der Waals surface area contributed by atoms with Crippen LogP contribution in [0.25, 0.3) is 0 Å². The number of likely N-dealkylation sites (tertiary alicyclic amines) is 1. The van der Waals surface area contributed by atoms with E-state index in [1.165, 1.54) is 18.5 Å². The minimum atomic E-state index is -0.512.